The Morgan fingerprint density at radius 3 is 2.10 bits per heavy atom. The molecule has 0 unspecified atom stereocenters. The third-order valence-electron chi connectivity index (χ3n) is 2.79. The van der Waals surface area contributed by atoms with Gasteiger partial charge in [-0.15, -0.1) is 0 Å². The average Bonchev–Trinajstić information content (AvgIpc) is 2.56. The summed E-state index contributed by atoms with van der Waals surface area (Å²) in [5.41, 5.74) is 7.49. The molecule has 3 rings (SSSR count). The van der Waals surface area contributed by atoms with Crippen molar-refractivity contribution in [3.63, 3.8) is 0 Å². The molecule has 0 saturated carbocycles. The Balaban J connectivity index is 1.78. The van der Waals surface area contributed by atoms with Crippen molar-refractivity contribution in [3.05, 3.63) is 65.7 Å². The minimum absolute atomic E-state index is 0.205. The van der Waals surface area contributed by atoms with Crippen LogP contribution in [0.5, 0.6) is 0 Å². The van der Waals surface area contributed by atoms with Crippen molar-refractivity contribution in [1.29, 1.82) is 0 Å². The maximum atomic E-state index is 12.6. The summed E-state index contributed by atoms with van der Waals surface area (Å²) in [4.78, 5) is 0.532. The van der Waals surface area contributed by atoms with Crippen molar-refractivity contribution in [2.24, 2.45) is 10.2 Å². The molecule has 2 aromatic rings. The Morgan fingerprint density at radius 2 is 1.45 bits per heavy atom. The first-order valence-corrected chi connectivity index (χ1v) is 6.70. The molecule has 6 heteroatoms. The zero-order chi connectivity index (χ0) is 13.8. The minimum Gasteiger partial charge on any atom is -0.257 e. The third-order valence-corrected chi connectivity index (χ3v) is 3.22. The molecule has 20 heavy (non-hydrogen) atoms. The SMILES string of the molecule is FSc1cccc(C2=NNC(c3ccccc3)=NN2)c1. The Kier molecular flexibility index (Phi) is 3.64. The van der Waals surface area contributed by atoms with Gasteiger partial charge in [0, 0.05) is 16.0 Å². The van der Waals surface area contributed by atoms with Gasteiger partial charge in [-0.05, 0) is 12.1 Å². The van der Waals surface area contributed by atoms with Crippen molar-refractivity contribution in [1.82, 2.24) is 10.9 Å². The number of nitrogens with one attached hydrogen (secondary N) is 2. The lowest BCUT2D eigenvalue weighted by Crippen LogP contribution is -2.34. The van der Waals surface area contributed by atoms with E-state index in [1.54, 1.807) is 18.2 Å². The molecule has 0 aliphatic carbocycles. The highest BCUT2D eigenvalue weighted by Gasteiger charge is 2.11. The van der Waals surface area contributed by atoms with Gasteiger partial charge in [0.2, 0.25) is 0 Å². The quantitative estimate of drug-likeness (QED) is 0.912. The number of amidine groups is 2. The first-order valence-electron chi connectivity index (χ1n) is 5.98. The molecule has 0 saturated heterocycles. The van der Waals surface area contributed by atoms with Gasteiger partial charge in [-0.2, -0.15) is 14.1 Å². The maximum Gasteiger partial charge on any atom is 0.173 e. The van der Waals surface area contributed by atoms with Gasteiger partial charge in [-0.25, -0.2) is 0 Å². The molecule has 1 aliphatic rings. The van der Waals surface area contributed by atoms with E-state index in [-0.39, 0.29) is 12.1 Å². The first-order chi connectivity index (χ1) is 9.86. The smallest absolute Gasteiger partial charge is 0.173 e. The van der Waals surface area contributed by atoms with Crippen LogP contribution in [0.3, 0.4) is 0 Å². The summed E-state index contributed by atoms with van der Waals surface area (Å²) in [5, 5.41) is 8.46. The van der Waals surface area contributed by atoms with Crippen molar-refractivity contribution in [2.75, 3.05) is 0 Å². The largest absolute Gasteiger partial charge is 0.257 e. The fourth-order valence-electron chi connectivity index (χ4n) is 1.81. The van der Waals surface area contributed by atoms with Gasteiger partial charge < -0.3 is 0 Å². The molecule has 0 aromatic heterocycles. The summed E-state index contributed by atoms with van der Waals surface area (Å²) in [5.74, 6) is 1.20. The fourth-order valence-corrected chi connectivity index (χ4v) is 2.11. The van der Waals surface area contributed by atoms with Crippen molar-refractivity contribution in [3.8, 4) is 0 Å². The molecule has 0 amide bonds. The summed E-state index contributed by atoms with van der Waals surface area (Å²) >= 11 is 0.205. The number of hydrogen-bond acceptors (Lipinski definition) is 5. The standard InChI is InChI=1S/C14H11FN4S/c15-20-12-8-4-7-11(9-12)14-18-16-13(17-19-14)10-5-2-1-3-6-10/h1-9H,(H,16,17)(H,18,19). The van der Waals surface area contributed by atoms with E-state index in [1.807, 2.05) is 36.4 Å². The van der Waals surface area contributed by atoms with E-state index in [0.29, 0.717) is 16.6 Å². The molecule has 2 aromatic carbocycles. The molecule has 0 spiro atoms. The third kappa shape index (κ3) is 2.65. The highest BCUT2D eigenvalue weighted by atomic mass is 32.2. The lowest BCUT2D eigenvalue weighted by Gasteiger charge is -2.15. The van der Waals surface area contributed by atoms with Gasteiger partial charge in [0.1, 0.15) is 0 Å². The highest BCUT2D eigenvalue weighted by molar-refractivity contribution is 7.94. The first kappa shape index (κ1) is 12.7. The van der Waals surface area contributed by atoms with Crippen LogP contribution in [0.25, 0.3) is 0 Å². The second kappa shape index (κ2) is 5.75. The van der Waals surface area contributed by atoms with Gasteiger partial charge in [-0.1, -0.05) is 42.5 Å². The van der Waals surface area contributed by atoms with E-state index >= 15 is 0 Å². The van der Waals surface area contributed by atoms with Crippen LogP contribution >= 0.6 is 12.1 Å². The second-order valence-corrected chi connectivity index (χ2v) is 4.74. The molecular formula is C14H11FN4S. The molecule has 0 atom stereocenters. The van der Waals surface area contributed by atoms with Crippen LogP contribution in [0.15, 0.2) is 69.7 Å². The summed E-state index contributed by atoms with van der Waals surface area (Å²) in [6.45, 7) is 0. The van der Waals surface area contributed by atoms with Crippen LogP contribution in [0, 0.1) is 0 Å². The average molecular weight is 286 g/mol. The zero-order valence-electron chi connectivity index (χ0n) is 10.4. The summed E-state index contributed by atoms with van der Waals surface area (Å²) in [7, 11) is 0. The predicted octanol–water partition coefficient (Wildman–Crippen LogP) is 2.88. The summed E-state index contributed by atoms with van der Waals surface area (Å²) < 4.78 is 12.6. The van der Waals surface area contributed by atoms with Crippen LogP contribution in [-0.2, 0) is 0 Å². The minimum atomic E-state index is 0.205. The van der Waals surface area contributed by atoms with E-state index in [9.17, 15) is 3.89 Å². The molecule has 2 N–H and O–H groups in total. The number of benzene rings is 2. The Labute approximate surface area is 120 Å². The zero-order valence-corrected chi connectivity index (χ0v) is 11.2. The fraction of sp³-hybridized carbons (Fsp3) is 0. The van der Waals surface area contributed by atoms with Crippen LogP contribution in [0.2, 0.25) is 0 Å². The van der Waals surface area contributed by atoms with Crippen molar-refractivity contribution >= 4 is 23.8 Å². The summed E-state index contributed by atoms with van der Waals surface area (Å²) in [6, 6.07) is 16.7. The van der Waals surface area contributed by atoms with Crippen LogP contribution in [0.4, 0.5) is 3.89 Å². The predicted molar refractivity (Wildman–Crippen MR) is 79.2 cm³/mol. The number of hydrogen-bond donors (Lipinski definition) is 2. The van der Waals surface area contributed by atoms with E-state index in [0.717, 1.165) is 11.1 Å². The van der Waals surface area contributed by atoms with Crippen LogP contribution in [0.1, 0.15) is 11.1 Å². The molecule has 100 valence electrons. The lowest BCUT2D eigenvalue weighted by molar-refractivity contribution is 0.882. The van der Waals surface area contributed by atoms with E-state index < -0.39 is 0 Å². The molecule has 0 fully saturated rings. The Morgan fingerprint density at radius 1 is 0.800 bits per heavy atom. The number of nitrogens with zero attached hydrogens (tertiary/aromatic N) is 2. The van der Waals surface area contributed by atoms with Gasteiger partial charge in [0.25, 0.3) is 0 Å². The number of hydrazone groups is 2. The van der Waals surface area contributed by atoms with Crippen LogP contribution in [-0.4, -0.2) is 11.7 Å². The second-order valence-electron chi connectivity index (χ2n) is 4.12. The van der Waals surface area contributed by atoms with E-state index in [2.05, 4.69) is 21.1 Å². The van der Waals surface area contributed by atoms with Gasteiger partial charge in [0.05, 0.1) is 12.1 Å². The Hall–Kier alpha value is -2.34. The molecular weight excluding hydrogens is 275 g/mol. The van der Waals surface area contributed by atoms with Crippen LogP contribution < -0.4 is 10.9 Å². The van der Waals surface area contributed by atoms with Gasteiger partial charge in [0.15, 0.2) is 11.7 Å². The molecule has 1 heterocycles. The summed E-state index contributed by atoms with van der Waals surface area (Å²) in [6.07, 6.45) is 0. The maximum absolute atomic E-state index is 12.6. The Bertz CT molecular complexity index is 670. The van der Waals surface area contributed by atoms with E-state index in [1.165, 1.54) is 0 Å². The molecule has 4 nitrogen and oxygen atoms in total. The molecule has 1 aliphatic heterocycles. The van der Waals surface area contributed by atoms with Crippen molar-refractivity contribution in [2.45, 2.75) is 4.90 Å². The van der Waals surface area contributed by atoms with Gasteiger partial charge >= 0.3 is 0 Å². The van der Waals surface area contributed by atoms with Gasteiger partial charge in [-0.3, -0.25) is 10.9 Å². The highest BCUT2D eigenvalue weighted by Crippen LogP contribution is 2.19. The number of rotatable bonds is 3. The van der Waals surface area contributed by atoms with Crippen molar-refractivity contribution < 1.29 is 3.89 Å². The topological polar surface area (TPSA) is 48.8 Å². The molecule has 0 radical (unpaired) electrons. The normalized spacial score (nSPS) is 13.8. The lowest BCUT2D eigenvalue weighted by atomic mass is 10.2. The number of halogens is 1. The monoisotopic (exact) mass is 286 g/mol. The molecule has 0 bridgehead atoms. The van der Waals surface area contributed by atoms with E-state index in [4.69, 9.17) is 0 Å².